The average Bonchev–Trinajstić information content (AvgIpc) is 2.59. The van der Waals surface area contributed by atoms with E-state index in [0.717, 1.165) is 11.4 Å². The van der Waals surface area contributed by atoms with Gasteiger partial charge in [-0.25, -0.2) is 9.67 Å². The first-order chi connectivity index (χ1) is 7.61. The summed E-state index contributed by atoms with van der Waals surface area (Å²) in [6, 6.07) is 5.46. The van der Waals surface area contributed by atoms with Crippen LogP contribution in [0.25, 0.3) is 5.82 Å². The van der Waals surface area contributed by atoms with Gasteiger partial charge in [-0.2, -0.15) is 5.10 Å². The zero-order chi connectivity index (χ0) is 11.7. The predicted octanol–water partition coefficient (Wildman–Crippen LogP) is 2.03. The molecule has 0 radical (unpaired) electrons. The van der Waals surface area contributed by atoms with E-state index in [1.165, 1.54) is 0 Å². The normalized spacial score (nSPS) is 10.8. The molecule has 2 heterocycles. The van der Waals surface area contributed by atoms with Crippen LogP contribution in [0.1, 0.15) is 17.1 Å². The highest BCUT2D eigenvalue weighted by Gasteiger charge is 2.07. The van der Waals surface area contributed by atoms with Gasteiger partial charge in [-0.1, -0.05) is 11.6 Å². The molecule has 0 unspecified atom stereocenters. The van der Waals surface area contributed by atoms with Crippen molar-refractivity contribution in [1.82, 2.24) is 14.8 Å². The lowest BCUT2D eigenvalue weighted by Crippen LogP contribution is -2.04. The Hall–Kier alpha value is -1.39. The zero-order valence-electron chi connectivity index (χ0n) is 9.11. The molecule has 0 atom stereocenters. The van der Waals surface area contributed by atoms with Gasteiger partial charge in [0.25, 0.3) is 0 Å². The van der Waals surface area contributed by atoms with Gasteiger partial charge in [0, 0.05) is 5.69 Å². The van der Waals surface area contributed by atoms with E-state index >= 15 is 0 Å². The molecule has 0 aliphatic carbocycles. The molecule has 0 spiro atoms. The van der Waals surface area contributed by atoms with Gasteiger partial charge in [0.15, 0.2) is 5.82 Å². The van der Waals surface area contributed by atoms with Gasteiger partial charge in [0.1, 0.15) is 0 Å². The maximum Gasteiger partial charge on any atom is 0.154 e. The van der Waals surface area contributed by atoms with Crippen molar-refractivity contribution in [2.75, 3.05) is 0 Å². The summed E-state index contributed by atoms with van der Waals surface area (Å²) < 4.78 is 1.73. The molecule has 0 aliphatic heterocycles. The molecular formula is C11H12ClN3O. The molecule has 2 rings (SSSR count). The topological polar surface area (TPSA) is 50.9 Å². The third-order valence-electron chi connectivity index (χ3n) is 2.28. The van der Waals surface area contributed by atoms with Crippen LogP contribution in [-0.2, 0) is 6.61 Å². The zero-order valence-corrected chi connectivity index (χ0v) is 9.86. The van der Waals surface area contributed by atoms with Crippen molar-refractivity contribution >= 4 is 11.6 Å². The van der Waals surface area contributed by atoms with Crippen LogP contribution < -0.4 is 0 Å². The lowest BCUT2D eigenvalue weighted by molar-refractivity contribution is 0.277. The maximum atomic E-state index is 9.09. The van der Waals surface area contributed by atoms with Crippen LogP contribution in [0.3, 0.4) is 0 Å². The number of aryl methyl sites for hydroxylation is 2. The Kier molecular flexibility index (Phi) is 2.94. The molecule has 0 amide bonds. The number of hydrogen-bond acceptors (Lipinski definition) is 3. The number of aliphatic hydroxyl groups excluding tert-OH is 1. The minimum Gasteiger partial charge on any atom is -0.390 e. The average molecular weight is 238 g/mol. The second kappa shape index (κ2) is 4.23. The Morgan fingerprint density at radius 2 is 2.12 bits per heavy atom. The van der Waals surface area contributed by atoms with Gasteiger partial charge in [-0.3, -0.25) is 0 Å². The summed E-state index contributed by atoms with van der Waals surface area (Å²) in [6.45, 7) is 3.70. The number of hydrogen-bond donors (Lipinski definition) is 1. The fraction of sp³-hybridized carbons (Fsp3) is 0.273. The van der Waals surface area contributed by atoms with E-state index in [4.69, 9.17) is 16.7 Å². The van der Waals surface area contributed by atoms with Crippen molar-refractivity contribution in [2.24, 2.45) is 0 Å². The van der Waals surface area contributed by atoms with E-state index in [-0.39, 0.29) is 6.61 Å². The molecule has 0 aromatic carbocycles. The Labute approximate surface area is 98.5 Å². The lowest BCUT2D eigenvalue weighted by atomic mass is 10.3. The van der Waals surface area contributed by atoms with Crippen molar-refractivity contribution in [1.29, 1.82) is 0 Å². The third kappa shape index (κ3) is 1.94. The summed E-state index contributed by atoms with van der Waals surface area (Å²) in [4.78, 5) is 4.25. The molecule has 2 aromatic rings. The van der Waals surface area contributed by atoms with Gasteiger partial charge in [-0.05, 0) is 32.0 Å². The molecule has 5 heteroatoms. The van der Waals surface area contributed by atoms with E-state index in [2.05, 4.69) is 10.1 Å². The third-order valence-corrected chi connectivity index (χ3v) is 2.62. The first kappa shape index (κ1) is 11.1. The smallest absolute Gasteiger partial charge is 0.154 e. The Morgan fingerprint density at radius 3 is 2.69 bits per heavy atom. The minimum atomic E-state index is -0.175. The number of nitrogens with zero attached hydrogens (tertiary/aromatic N) is 3. The predicted molar refractivity (Wildman–Crippen MR) is 61.8 cm³/mol. The molecule has 1 N–H and O–H groups in total. The number of aromatic nitrogens is 3. The maximum absolute atomic E-state index is 9.09. The monoisotopic (exact) mass is 237 g/mol. The number of pyridine rings is 1. The Morgan fingerprint density at radius 1 is 1.38 bits per heavy atom. The van der Waals surface area contributed by atoms with E-state index in [1.807, 2.05) is 19.9 Å². The number of rotatable bonds is 2. The van der Waals surface area contributed by atoms with E-state index < -0.39 is 0 Å². The second-order valence-corrected chi connectivity index (χ2v) is 4.00. The first-order valence-electron chi connectivity index (χ1n) is 4.91. The van der Waals surface area contributed by atoms with Crippen LogP contribution in [0.5, 0.6) is 0 Å². The second-order valence-electron chi connectivity index (χ2n) is 3.59. The summed E-state index contributed by atoms with van der Waals surface area (Å²) in [5, 5.41) is 13.9. The van der Waals surface area contributed by atoms with Crippen LogP contribution in [0, 0.1) is 13.8 Å². The highest BCUT2D eigenvalue weighted by atomic mass is 35.5. The molecule has 0 bridgehead atoms. The Balaban J connectivity index is 2.52. The largest absolute Gasteiger partial charge is 0.390 e. The Bertz CT molecular complexity index is 522. The van der Waals surface area contributed by atoms with Crippen molar-refractivity contribution in [3.63, 3.8) is 0 Å². The summed E-state index contributed by atoms with van der Waals surface area (Å²) in [7, 11) is 0. The van der Waals surface area contributed by atoms with Crippen molar-refractivity contribution < 1.29 is 5.11 Å². The van der Waals surface area contributed by atoms with Crippen LogP contribution in [-0.4, -0.2) is 19.9 Å². The minimum absolute atomic E-state index is 0.175. The van der Waals surface area contributed by atoms with Gasteiger partial charge in [0.2, 0.25) is 0 Å². The summed E-state index contributed by atoms with van der Waals surface area (Å²) >= 11 is 5.88. The summed E-state index contributed by atoms with van der Waals surface area (Å²) in [6.07, 6.45) is 0. The van der Waals surface area contributed by atoms with Gasteiger partial charge >= 0.3 is 0 Å². The van der Waals surface area contributed by atoms with Crippen LogP contribution >= 0.6 is 11.6 Å². The molecule has 2 aromatic heterocycles. The lowest BCUT2D eigenvalue weighted by Gasteiger charge is -2.06. The quantitative estimate of drug-likeness (QED) is 0.870. The molecule has 0 saturated heterocycles. The fourth-order valence-electron chi connectivity index (χ4n) is 1.56. The van der Waals surface area contributed by atoms with Gasteiger partial charge in [0.05, 0.1) is 23.0 Å². The summed E-state index contributed by atoms with van der Waals surface area (Å²) in [5.41, 5.74) is 2.39. The molecule has 0 aliphatic rings. The standard InChI is InChI=1S/C11H12ClN3O/c1-7-5-8(2)15(14-7)11-4-3-9(12)10(6-16)13-11/h3-5,16H,6H2,1-2H3. The molecule has 84 valence electrons. The fourth-order valence-corrected chi connectivity index (χ4v) is 1.73. The number of aliphatic hydroxyl groups is 1. The van der Waals surface area contributed by atoms with Crippen LogP contribution in [0.4, 0.5) is 0 Å². The number of halogens is 1. The van der Waals surface area contributed by atoms with E-state index in [1.54, 1.807) is 16.8 Å². The SMILES string of the molecule is Cc1cc(C)n(-c2ccc(Cl)c(CO)n2)n1. The van der Waals surface area contributed by atoms with E-state index in [0.29, 0.717) is 16.5 Å². The molecule has 16 heavy (non-hydrogen) atoms. The summed E-state index contributed by atoms with van der Waals surface area (Å²) in [5.74, 6) is 0.666. The van der Waals surface area contributed by atoms with E-state index in [9.17, 15) is 0 Å². The van der Waals surface area contributed by atoms with Gasteiger partial charge < -0.3 is 5.11 Å². The van der Waals surface area contributed by atoms with Crippen LogP contribution in [0.2, 0.25) is 5.02 Å². The van der Waals surface area contributed by atoms with Crippen molar-refractivity contribution in [3.05, 3.63) is 40.3 Å². The van der Waals surface area contributed by atoms with Gasteiger partial charge in [-0.15, -0.1) is 0 Å². The molecule has 0 saturated carbocycles. The van der Waals surface area contributed by atoms with Crippen LogP contribution in [0.15, 0.2) is 18.2 Å². The molecule has 0 fully saturated rings. The first-order valence-corrected chi connectivity index (χ1v) is 5.29. The highest BCUT2D eigenvalue weighted by Crippen LogP contribution is 2.17. The highest BCUT2D eigenvalue weighted by molar-refractivity contribution is 6.31. The van der Waals surface area contributed by atoms with Crippen molar-refractivity contribution in [2.45, 2.75) is 20.5 Å². The molecule has 4 nitrogen and oxygen atoms in total. The van der Waals surface area contributed by atoms with Crippen molar-refractivity contribution in [3.8, 4) is 5.82 Å². The molecular weight excluding hydrogens is 226 g/mol.